The van der Waals surface area contributed by atoms with Crippen molar-refractivity contribution in [3.05, 3.63) is 77.6 Å². The average molecular weight is 482 g/mol. The fourth-order valence-electron chi connectivity index (χ4n) is 4.06. The van der Waals surface area contributed by atoms with Crippen molar-refractivity contribution in [2.45, 2.75) is 19.4 Å². The number of fused-ring (bicyclic) bond motifs is 1. The number of nitrogens with zero attached hydrogens (tertiary/aromatic N) is 2. The minimum absolute atomic E-state index is 0.113. The van der Waals surface area contributed by atoms with Crippen LogP contribution in [0.4, 0.5) is 8.78 Å². The van der Waals surface area contributed by atoms with Crippen LogP contribution in [-0.4, -0.2) is 34.8 Å². The quantitative estimate of drug-likeness (QED) is 0.435. The Morgan fingerprint density at radius 1 is 1.09 bits per heavy atom. The number of carbonyl (C=O) groups excluding carboxylic acids is 2. The van der Waals surface area contributed by atoms with Gasteiger partial charge in [0, 0.05) is 25.1 Å². The molecular formula is C25H21F2N3O3S. The lowest BCUT2D eigenvalue weighted by Gasteiger charge is -2.31. The molecule has 0 aliphatic carbocycles. The van der Waals surface area contributed by atoms with E-state index in [1.165, 1.54) is 4.90 Å². The molecule has 1 fully saturated rings. The van der Waals surface area contributed by atoms with Gasteiger partial charge in [-0.1, -0.05) is 12.1 Å². The van der Waals surface area contributed by atoms with Gasteiger partial charge in [-0.15, -0.1) is 11.3 Å². The Balaban J connectivity index is 1.14. The smallest absolute Gasteiger partial charge is 0.256 e. The molecule has 1 N–H and O–H groups in total. The second kappa shape index (κ2) is 9.34. The Kier molecular flexibility index (Phi) is 6.10. The highest BCUT2D eigenvalue weighted by molar-refractivity contribution is 7.21. The van der Waals surface area contributed by atoms with Crippen LogP contribution in [0, 0.1) is 17.6 Å². The summed E-state index contributed by atoms with van der Waals surface area (Å²) in [7, 11) is 0. The number of hydrogen-bond acceptors (Lipinski definition) is 5. The Morgan fingerprint density at radius 2 is 1.88 bits per heavy atom. The Bertz CT molecular complexity index is 1330. The summed E-state index contributed by atoms with van der Waals surface area (Å²) in [6, 6.07) is 14.4. The fourth-order valence-corrected chi connectivity index (χ4v) is 4.99. The van der Waals surface area contributed by atoms with Gasteiger partial charge in [-0.05, 0) is 49.2 Å². The van der Waals surface area contributed by atoms with Crippen molar-refractivity contribution in [2.24, 2.45) is 5.92 Å². The number of aromatic nitrogens is 1. The molecule has 0 spiro atoms. The van der Waals surface area contributed by atoms with Gasteiger partial charge in [0.1, 0.15) is 17.4 Å². The van der Waals surface area contributed by atoms with Crippen LogP contribution in [0.1, 0.15) is 29.0 Å². The molecule has 6 nitrogen and oxygen atoms in total. The van der Waals surface area contributed by atoms with Crippen LogP contribution in [0.3, 0.4) is 0 Å². The zero-order valence-corrected chi connectivity index (χ0v) is 18.9. The average Bonchev–Trinajstić information content (AvgIpc) is 3.49. The number of thiazole rings is 1. The maximum absolute atomic E-state index is 13.9. The SMILES string of the molecule is O=C(NCc1ccc(-c2nc3ccccc3s2)o1)C1CCN(C(=O)c2ccc(F)cc2F)CC1. The van der Waals surface area contributed by atoms with E-state index in [4.69, 9.17) is 4.42 Å². The van der Waals surface area contributed by atoms with Crippen molar-refractivity contribution in [3.63, 3.8) is 0 Å². The predicted molar refractivity (Wildman–Crippen MR) is 124 cm³/mol. The number of amides is 2. The molecule has 0 atom stereocenters. The lowest BCUT2D eigenvalue weighted by atomic mass is 9.95. The number of hydrogen-bond donors (Lipinski definition) is 1. The third-order valence-electron chi connectivity index (χ3n) is 5.92. The molecule has 1 aliphatic heterocycles. The molecule has 2 aromatic heterocycles. The first kappa shape index (κ1) is 22.2. The molecule has 0 unspecified atom stereocenters. The number of para-hydroxylation sites is 1. The van der Waals surface area contributed by atoms with Crippen molar-refractivity contribution in [2.75, 3.05) is 13.1 Å². The molecule has 9 heteroatoms. The van der Waals surface area contributed by atoms with Crippen molar-refractivity contribution in [3.8, 4) is 10.8 Å². The van der Waals surface area contributed by atoms with Crippen molar-refractivity contribution in [1.29, 1.82) is 0 Å². The summed E-state index contributed by atoms with van der Waals surface area (Å²) >= 11 is 1.55. The van der Waals surface area contributed by atoms with Gasteiger partial charge in [0.15, 0.2) is 10.8 Å². The third-order valence-corrected chi connectivity index (χ3v) is 6.97. The third kappa shape index (κ3) is 4.56. The highest BCUT2D eigenvalue weighted by atomic mass is 32.1. The number of carbonyl (C=O) groups is 2. The molecule has 174 valence electrons. The Hall–Kier alpha value is -3.59. The number of furan rings is 1. The van der Waals surface area contributed by atoms with Crippen LogP contribution in [0.25, 0.3) is 21.0 Å². The summed E-state index contributed by atoms with van der Waals surface area (Å²) < 4.78 is 34.0. The zero-order chi connectivity index (χ0) is 23.7. The number of likely N-dealkylation sites (tertiary alicyclic amines) is 1. The molecule has 0 bridgehead atoms. The maximum Gasteiger partial charge on any atom is 0.256 e. The van der Waals surface area contributed by atoms with Crippen LogP contribution in [0.5, 0.6) is 0 Å². The standard InChI is InChI=1S/C25H21F2N3O3S/c26-16-5-7-18(19(27)13-16)25(32)30-11-9-15(10-12-30)23(31)28-14-17-6-8-21(33-17)24-29-20-3-1-2-4-22(20)34-24/h1-8,13,15H,9-12,14H2,(H,28,31). The van der Waals surface area contributed by atoms with E-state index >= 15 is 0 Å². The summed E-state index contributed by atoms with van der Waals surface area (Å²) in [5.41, 5.74) is 0.756. The molecule has 0 saturated carbocycles. The van der Waals surface area contributed by atoms with Gasteiger partial charge in [-0.25, -0.2) is 13.8 Å². The monoisotopic (exact) mass is 481 g/mol. The number of piperidine rings is 1. The summed E-state index contributed by atoms with van der Waals surface area (Å²) in [6.45, 7) is 0.913. The van der Waals surface area contributed by atoms with Crippen LogP contribution in [0.15, 0.2) is 59.0 Å². The minimum Gasteiger partial charge on any atom is -0.457 e. The van der Waals surface area contributed by atoms with E-state index in [0.29, 0.717) is 43.5 Å². The molecular weight excluding hydrogens is 460 g/mol. The summed E-state index contributed by atoms with van der Waals surface area (Å²) in [6.07, 6.45) is 0.936. The van der Waals surface area contributed by atoms with E-state index in [0.717, 1.165) is 27.4 Å². The molecule has 2 aromatic carbocycles. The molecule has 0 radical (unpaired) electrons. The molecule has 2 amide bonds. The van der Waals surface area contributed by atoms with Gasteiger partial charge in [0.2, 0.25) is 5.91 Å². The van der Waals surface area contributed by atoms with Gasteiger partial charge in [-0.3, -0.25) is 9.59 Å². The van der Waals surface area contributed by atoms with Crippen molar-refractivity contribution >= 4 is 33.4 Å². The van der Waals surface area contributed by atoms with E-state index in [1.807, 2.05) is 36.4 Å². The zero-order valence-electron chi connectivity index (χ0n) is 18.1. The van der Waals surface area contributed by atoms with Crippen LogP contribution in [0.2, 0.25) is 0 Å². The van der Waals surface area contributed by atoms with E-state index in [1.54, 1.807) is 11.3 Å². The van der Waals surface area contributed by atoms with Gasteiger partial charge in [0.25, 0.3) is 5.91 Å². The van der Waals surface area contributed by atoms with E-state index in [9.17, 15) is 18.4 Å². The van der Waals surface area contributed by atoms with Crippen molar-refractivity contribution in [1.82, 2.24) is 15.2 Å². The first-order chi connectivity index (χ1) is 16.5. The van der Waals surface area contributed by atoms with Gasteiger partial charge < -0.3 is 14.6 Å². The second-order valence-corrected chi connectivity index (χ2v) is 9.19. The van der Waals surface area contributed by atoms with E-state index < -0.39 is 17.5 Å². The number of rotatable bonds is 5. The lowest BCUT2D eigenvalue weighted by molar-refractivity contribution is -0.126. The predicted octanol–water partition coefficient (Wildman–Crippen LogP) is 5.00. The molecule has 4 aromatic rings. The van der Waals surface area contributed by atoms with Crippen LogP contribution >= 0.6 is 11.3 Å². The number of benzene rings is 2. The number of halogens is 2. The van der Waals surface area contributed by atoms with Crippen LogP contribution < -0.4 is 5.32 Å². The summed E-state index contributed by atoms with van der Waals surface area (Å²) in [5, 5.41) is 3.68. The molecule has 3 heterocycles. The fraction of sp³-hybridized carbons (Fsp3) is 0.240. The van der Waals surface area contributed by atoms with E-state index in [2.05, 4.69) is 10.3 Å². The topological polar surface area (TPSA) is 75.4 Å². The van der Waals surface area contributed by atoms with Gasteiger partial charge >= 0.3 is 0 Å². The normalized spacial score (nSPS) is 14.5. The summed E-state index contributed by atoms with van der Waals surface area (Å²) in [5.74, 6) is -1.18. The van der Waals surface area contributed by atoms with Gasteiger partial charge in [-0.2, -0.15) is 0 Å². The first-order valence-electron chi connectivity index (χ1n) is 10.9. The maximum atomic E-state index is 13.9. The summed E-state index contributed by atoms with van der Waals surface area (Å²) in [4.78, 5) is 31.3. The second-order valence-electron chi connectivity index (χ2n) is 8.16. The highest BCUT2D eigenvalue weighted by Crippen LogP contribution is 2.31. The Morgan fingerprint density at radius 3 is 2.65 bits per heavy atom. The number of nitrogens with one attached hydrogen (secondary N) is 1. The molecule has 1 aliphatic rings. The minimum atomic E-state index is -0.881. The van der Waals surface area contributed by atoms with Gasteiger partial charge in [0.05, 0.1) is 22.3 Å². The van der Waals surface area contributed by atoms with Crippen molar-refractivity contribution < 1.29 is 22.8 Å². The lowest BCUT2D eigenvalue weighted by Crippen LogP contribution is -2.43. The molecule has 34 heavy (non-hydrogen) atoms. The van der Waals surface area contributed by atoms with E-state index in [-0.39, 0.29) is 23.9 Å². The van der Waals surface area contributed by atoms with Crippen LogP contribution in [-0.2, 0) is 11.3 Å². The molecule has 5 rings (SSSR count). The molecule has 1 saturated heterocycles. The highest BCUT2D eigenvalue weighted by Gasteiger charge is 2.29. The largest absolute Gasteiger partial charge is 0.457 e. The Labute approximate surface area is 198 Å². The first-order valence-corrected chi connectivity index (χ1v) is 11.8.